The van der Waals surface area contributed by atoms with Crippen LogP contribution in [0.25, 0.3) is 11.6 Å². The maximum atomic E-state index is 10.6. The molecule has 0 aliphatic rings. The number of nitro groups is 1. The Morgan fingerprint density at radius 3 is 2.29 bits per heavy atom. The minimum Gasteiger partial charge on any atom is -0.497 e. The van der Waals surface area contributed by atoms with Gasteiger partial charge < -0.3 is 4.74 Å². The molecule has 0 saturated carbocycles. The number of hydrogen-bond acceptors (Lipinski definition) is 4. The van der Waals surface area contributed by atoms with Gasteiger partial charge in [-0.05, 0) is 53.6 Å². The van der Waals surface area contributed by atoms with Crippen LogP contribution in [0.1, 0.15) is 11.1 Å². The largest absolute Gasteiger partial charge is 0.497 e. The van der Waals surface area contributed by atoms with Crippen LogP contribution in [0, 0.1) is 21.4 Å². The second kappa shape index (κ2) is 6.35. The van der Waals surface area contributed by atoms with Crippen LogP contribution >= 0.6 is 0 Å². The van der Waals surface area contributed by atoms with Crippen LogP contribution in [0.2, 0.25) is 0 Å². The van der Waals surface area contributed by atoms with E-state index >= 15 is 0 Å². The van der Waals surface area contributed by atoms with Gasteiger partial charge in [0.1, 0.15) is 5.75 Å². The first-order chi connectivity index (χ1) is 10.1. The van der Waals surface area contributed by atoms with E-state index in [4.69, 9.17) is 4.74 Å². The third-order valence-electron chi connectivity index (χ3n) is 2.94. The van der Waals surface area contributed by atoms with Gasteiger partial charge in [-0.25, -0.2) is 0 Å². The molecule has 0 N–H and O–H groups in total. The van der Waals surface area contributed by atoms with Crippen molar-refractivity contribution in [2.75, 3.05) is 7.11 Å². The molecular weight excluding hydrogens is 268 g/mol. The predicted molar refractivity (Wildman–Crippen MR) is 79.6 cm³/mol. The molecule has 5 heteroatoms. The first-order valence-corrected chi connectivity index (χ1v) is 6.14. The highest BCUT2D eigenvalue weighted by molar-refractivity contribution is 5.89. The third-order valence-corrected chi connectivity index (χ3v) is 2.94. The molecule has 104 valence electrons. The lowest BCUT2D eigenvalue weighted by molar-refractivity contribution is -0.384. The molecule has 2 rings (SSSR count). The molecule has 5 nitrogen and oxygen atoms in total. The zero-order valence-electron chi connectivity index (χ0n) is 11.3. The molecule has 21 heavy (non-hydrogen) atoms. The highest BCUT2D eigenvalue weighted by Crippen LogP contribution is 2.21. The van der Waals surface area contributed by atoms with Crippen molar-refractivity contribution in [1.29, 1.82) is 5.26 Å². The number of nitro benzene ring substituents is 1. The lowest BCUT2D eigenvalue weighted by atomic mass is 10.0. The van der Waals surface area contributed by atoms with Crippen molar-refractivity contribution in [3.63, 3.8) is 0 Å². The monoisotopic (exact) mass is 280 g/mol. The van der Waals surface area contributed by atoms with Crippen LogP contribution in [-0.4, -0.2) is 12.0 Å². The lowest BCUT2D eigenvalue weighted by Gasteiger charge is -2.02. The van der Waals surface area contributed by atoms with Crippen molar-refractivity contribution < 1.29 is 9.66 Å². The van der Waals surface area contributed by atoms with Gasteiger partial charge in [0.25, 0.3) is 5.69 Å². The maximum absolute atomic E-state index is 10.6. The number of methoxy groups -OCH3 is 1. The summed E-state index contributed by atoms with van der Waals surface area (Å²) in [4.78, 5) is 10.1. The Morgan fingerprint density at radius 2 is 1.81 bits per heavy atom. The molecule has 0 aliphatic carbocycles. The molecule has 0 radical (unpaired) electrons. The van der Waals surface area contributed by atoms with Gasteiger partial charge in [0.05, 0.1) is 23.7 Å². The zero-order chi connectivity index (χ0) is 15.2. The topological polar surface area (TPSA) is 76.2 Å². The van der Waals surface area contributed by atoms with E-state index < -0.39 is 4.92 Å². The van der Waals surface area contributed by atoms with Gasteiger partial charge in [0.2, 0.25) is 0 Å². The van der Waals surface area contributed by atoms with Crippen molar-refractivity contribution in [2.24, 2.45) is 0 Å². The van der Waals surface area contributed by atoms with E-state index in [0.29, 0.717) is 11.3 Å². The standard InChI is InChI=1S/C16H12N2O3/c1-21-16-8-4-13(5-9-16)14(11-17)10-12-2-6-15(7-3-12)18(19)20/h2-10H,1H3/b14-10+. The molecule has 0 saturated heterocycles. The van der Waals surface area contributed by atoms with Gasteiger partial charge >= 0.3 is 0 Å². The predicted octanol–water partition coefficient (Wildman–Crippen LogP) is 3.67. The molecule has 0 heterocycles. The molecule has 0 atom stereocenters. The van der Waals surface area contributed by atoms with Crippen LogP contribution < -0.4 is 4.74 Å². The summed E-state index contributed by atoms with van der Waals surface area (Å²) in [7, 11) is 1.58. The fourth-order valence-corrected chi connectivity index (χ4v) is 1.81. The Kier molecular flexibility index (Phi) is 4.32. The number of non-ortho nitro benzene ring substituents is 1. The van der Waals surface area contributed by atoms with E-state index in [1.165, 1.54) is 12.1 Å². The van der Waals surface area contributed by atoms with Gasteiger partial charge in [-0.2, -0.15) is 5.26 Å². The summed E-state index contributed by atoms with van der Waals surface area (Å²) >= 11 is 0. The van der Waals surface area contributed by atoms with E-state index in [1.54, 1.807) is 49.6 Å². The summed E-state index contributed by atoms with van der Waals surface area (Å²) in [6.07, 6.45) is 1.69. The Bertz CT molecular complexity index is 711. The molecule has 2 aromatic carbocycles. The van der Waals surface area contributed by atoms with Crippen LogP contribution in [0.5, 0.6) is 5.75 Å². The summed E-state index contributed by atoms with van der Waals surface area (Å²) in [5, 5.41) is 19.9. The van der Waals surface area contributed by atoms with Gasteiger partial charge in [0.15, 0.2) is 0 Å². The normalized spacial score (nSPS) is 10.8. The first-order valence-electron chi connectivity index (χ1n) is 6.14. The second-order valence-electron chi connectivity index (χ2n) is 4.25. The average Bonchev–Trinajstić information content (AvgIpc) is 2.53. The fourth-order valence-electron chi connectivity index (χ4n) is 1.81. The fraction of sp³-hybridized carbons (Fsp3) is 0.0625. The van der Waals surface area contributed by atoms with Gasteiger partial charge in [0, 0.05) is 12.1 Å². The van der Waals surface area contributed by atoms with Crippen molar-refractivity contribution in [2.45, 2.75) is 0 Å². The number of hydrogen-bond donors (Lipinski definition) is 0. The van der Waals surface area contributed by atoms with Gasteiger partial charge in [-0.1, -0.05) is 0 Å². The quantitative estimate of drug-likeness (QED) is 0.370. The van der Waals surface area contributed by atoms with Crippen molar-refractivity contribution in [3.8, 4) is 11.8 Å². The zero-order valence-corrected chi connectivity index (χ0v) is 11.3. The van der Waals surface area contributed by atoms with E-state index in [0.717, 1.165) is 11.1 Å². The molecule has 2 aromatic rings. The van der Waals surface area contributed by atoms with Gasteiger partial charge in [-0.15, -0.1) is 0 Å². The smallest absolute Gasteiger partial charge is 0.269 e. The third kappa shape index (κ3) is 3.45. The summed E-state index contributed by atoms with van der Waals surface area (Å²) in [6.45, 7) is 0. The Morgan fingerprint density at radius 1 is 1.19 bits per heavy atom. The van der Waals surface area contributed by atoms with E-state index in [-0.39, 0.29) is 5.69 Å². The molecule has 0 aliphatic heterocycles. The van der Waals surface area contributed by atoms with Crippen molar-refractivity contribution >= 4 is 17.3 Å². The highest BCUT2D eigenvalue weighted by Gasteiger charge is 2.05. The van der Waals surface area contributed by atoms with E-state index in [9.17, 15) is 15.4 Å². The lowest BCUT2D eigenvalue weighted by Crippen LogP contribution is -1.87. The molecule has 0 amide bonds. The maximum Gasteiger partial charge on any atom is 0.269 e. The minimum atomic E-state index is -0.456. The summed E-state index contributed by atoms with van der Waals surface area (Å²) in [5.74, 6) is 0.714. The Hall–Kier alpha value is -3.13. The number of benzene rings is 2. The summed E-state index contributed by atoms with van der Waals surface area (Å²) in [6, 6.07) is 15.3. The second-order valence-corrected chi connectivity index (χ2v) is 4.25. The van der Waals surface area contributed by atoms with Crippen LogP contribution in [0.15, 0.2) is 48.5 Å². The van der Waals surface area contributed by atoms with Gasteiger partial charge in [-0.3, -0.25) is 10.1 Å². The molecular formula is C16H12N2O3. The Balaban J connectivity index is 2.31. The number of nitrogens with zero attached hydrogens (tertiary/aromatic N) is 2. The Labute approximate surface area is 121 Å². The number of allylic oxidation sites excluding steroid dienone is 1. The van der Waals surface area contributed by atoms with Crippen LogP contribution in [-0.2, 0) is 0 Å². The molecule has 0 fully saturated rings. The van der Waals surface area contributed by atoms with Crippen LogP contribution in [0.4, 0.5) is 5.69 Å². The molecule has 0 aromatic heterocycles. The molecule has 0 unspecified atom stereocenters. The number of ether oxygens (including phenoxy) is 1. The van der Waals surface area contributed by atoms with Crippen molar-refractivity contribution in [1.82, 2.24) is 0 Å². The van der Waals surface area contributed by atoms with Crippen LogP contribution in [0.3, 0.4) is 0 Å². The molecule has 0 spiro atoms. The molecule has 0 bridgehead atoms. The number of nitriles is 1. The number of rotatable bonds is 4. The first kappa shape index (κ1) is 14.3. The SMILES string of the molecule is COc1ccc(/C(C#N)=C/c2ccc([N+](=O)[O-])cc2)cc1. The summed E-state index contributed by atoms with van der Waals surface area (Å²) < 4.78 is 5.07. The minimum absolute atomic E-state index is 0.0232. The highest BCUT2D eigenvalue weighted by atomic mass is 16.6. The van der Waals surface area contributed by atoms with Crippen molar-refractivity contribution in [3.05, 3.63) is 69.8 Å². The van der Waals surface area contributed by atoms with E-state index in [2.05, 4.69) is 6.07 Å². The average molecular weight is 280 g/mol. The van der Waals surface area contributed by atoms with E-state index in [1.807, 2.05) is 0 Å². The summed E-state index contributed by atoms with van der Waals surface area (Å²) in [5.41, 5.74) is 1.99.